The van der Waals surface area contributed by atoms with Crippen LogP contribution >= 0.6 is 0 Å². The minimum atomic E-state index is -0.815. The molecule has 0 spiro atoms. The summed E-state index contributed by atoms with van der Waals surface area (Å²) < 4.78 is 5.40. The second-order valence-corrected chi connectivity index (χ2v) is 5.55. The van der Waals surface area contributed by atoms with Crippen molar-refractivity contribution in [1.29, 1.82) is 0 Å². The molecule has 1 fully saturated rings. The van der Waals surface area contributed by atoms with Crippen LogP contribution in [0.5, 0.6) is 0 Å². The summed E-state index contributed by atoms with van der Waals surface area (Å²) in [7, 11) is 0. The Bertz CT molecular complexity index is 861. The van der Waals surface area contributed by atoms with Gasteiger partial charge >= 0.3 is 5.97 Å². The topological polar surface area (TPSA) is 79.5 Å². The van der Waals surface area contributed by atoms with Gasteiger partial charge in [0.25, 0.3) is 0 Å². The van der Waals surface area contributed by atoms with Crippen LogP contribution in [-0.4, -0.2) is 33.6 Å². The number of nitrogens with zero attached hydrogens (tertiary/aromatic N) is 3. The average Bonchev–Trinajstić information content (AvgIpc) is 3.25. The highest BCUT2D eigenvalue weighted by Gasteiger charge is 2.33. The molecule has 2 aromatic heterocycles. The highest BCUT2D eigenvalue weighted by molar-refractivity contribution is 5.93. The van der Waals surface area contributed by atoms with Crippen LogP contribution in [0.4, 0.5) is 5.82 Å². The summed E-state index contributed by atoms with van der Waals surface area (Å²) in [6.45, 7) is 0.676. The molecule has 0 bridgehead atoms. The number of carbonyl (C=O) groups is 1. The van der Waals surface area contributed by atoms with E-state index in [0.717, 1.165) is 17.3 Å². The van der Waals surface area contributed by atoms with E-state index in [1.807, 2.05) is 29.2 Å². The van der Waals surface area contributed by atoms with Crippen LogP contribution in [0.25, 0.3) is 22.5 Å². The molecule has 1 aromatic carbocycles. The Labute approximate surface area is 132 Å². The third-order valence-corrected chi connectivity index (χ3v) is 4.13. The number of hydrogen-bond acceptors (Lipinski definition) is 5. The summed E-state index contributed by atoms with van der Waals surface area (Å²) in [6.07, 6.45) is 3.04. The van der Waals surface area contributed by atoms with E-state index in [4.69, 9.17) is 4.42 Å². The predicted octanol–water partition coefficient (Wildman–Crippen LogP) is 2.94. The molecule has 4 rings (SSSR count). The Morgan fingerprint density at radius 3 is 2.87 bits per heavy atom. The van der Waals surface area contributed by atoms with Crippen molar-refractivity contribution in [2.75, 3.05) is 11.4 Å². The fourth-order valence-electron chi connectivity index (χ4n) is 3.07. The molecule has 1 saturated heterocycles. The number of para-hydroxylation sites is 1. The molecule has 1 aliphatic rings. The van der Waals surface area contributed by atoms with Crippen molar-refractivity contribution in [3.8, 4) is 11.6 Å². The first-order valence-corrected chi connectivity index (χ1v) is 7.54. The van der Waals surface area contributed by atoms with Crippen LogP contribution in [0.1, 0.15) is 12.8 Å². The van der Waals surface area contributed by atoms with E-state index in [9.17, 15) is 9.90 Å². The minimum absolute atomic E-state index is 0.472. The van der Waals surface area contributed by atoms with Gasteiger partial charge in [0.15, 0.2) is 11.6 Å². The lowest BCUT2D eigenvalue weighted by molar-refractivity contribution is -0.138. The number of rotatable bonds is 3. The average molecular weight is 309 g/mol. The molecule has 1 unspecified atom stereocenters. The number of benzene rings is 1. The Morgan fingerprint density at radius 1 is 1.22 bits per heavy atom. The maximum absolute atomic E-state index is 11.5. The zero-order valence-electron chi connectivity index (χ0n) is 12.3. The summed E-state index contributed by atoms with van der Waals surface area (Å²) in [6, 6.07) is 10.7. The number of carboxylic acid groups (broad SMARTS) is 1. The molecule has 116 valence electrons. The number of hydrogen-bond donors (Lipinski definition) is 1. The molecule has 0 aliphatic carbocycles. The number of anilines is 1. The van der Waals surface area contributed by atoms with Crippen LogP contribution in [0.2, 0.25) is 0 Å². The number of aliphatic carboxylic acids is 1. The van der Waals surface area contributed by atoms with Gasteiger partial charge in [0.1, 0.15) is 11.9 Å². The van der Waals surface area contributed by atoms with Crippen LogP contribution < -0.4 is 4.90 Å². The zero-order valence-corrected chi connectivity index (χ0v) is 12.3. The normalized spacial score (nSPS) is 17.7. The molecular formula is C17H15N3O3. The van der Waals surface area contributed by atoms with Crippen molar-refractivity contribution in [3.05, 3.63) is 42.7 Å². The molecular weight excluding hydrogens is 294 g/mol. The molecule has 0 saturated carbocycles. The molecule has 3 heterocycles. The maximum atomic E-state index is 11.5. The van der Waals surface area contributed by atoms with E-state index in [0.29, 0.717) is 30.4 Å². The summed E-state index contributed by atoms with van der Waals surface area (Å²) >= 11 is 0. The van der Waals surface area contributed by atoms with E-state index in [1.54, 1.807) is 18.4 Å². The van der Waals surface area contributed by atoms with Crippen molar-refractivity contribution in [1.82, 2.24) is 9.97 Å². The number of aromatic nitrogens is 2. The molecule has 1 N–H and O–H groups in total. The smallest absolute Gasteiger partial charge is 0.326 e. The Morgan fingerprint density at radius 2 is 2.09 bits per heavy atom. The zero-order chi connectivity index (χ0) is 15.8. The quantitative estimate of drug-likeness (QED) is 0.801. The first-order valence-electron chi connectivity index (χ1n) is 7.54. The highest BCUT2D eigenvalue weighted by atomic mass is 16.4. The molecule has 0 radical (unpaired) electrons. The number of carboxylic acids is 1. The van der Waals surface area contributed by atoms with Gasteiger partial charge in [-0.2, -0.15) is 0 Å². The summed E-state index contributed by atoms with van der Waals surface area (Å²) in [4.78, 5) is 22.5. The minimum Gasteiger partial charge on any atom is -0.480 e. The Hall–Kier alpha value is -2.89. The van der Waals surface area contributed by atoms with Gasteiger partial charge in [0.2, 0.25) is 0 Å². The first kappa shape index (κ1) is 13.8. The summed E-state index contributed by atoms with van der Waals surface area (Å²) in [5.74, 6) is 0.888. The third kappa shape index (κ3) is 2.32. The molecule has 1 atom stereocenters. The van der Waals surface area contributed by atoms with Crippen LogP contribution in [0, 0.1) is 0 Å². The van der Waals surface area contributed by atoms with Crippen molar-refractivity contribution >= 4 is 22.7 Å². The summed E-state index contributed by atoms with van der Waals surface area (Å²) in [5, 5.41) is 10.3. The molecule has 3 aromatic rings. The fourth-order valence-corrected chi connectivity index (χ4v) is 3.07. The fraction of sp³-hybridized carbons (Fsp3) is 0.235. The van der Waals surface area contributed by atoms with E-state index in [2.05, 4.69) is 9.97 Å². The largest absolute Gasteiger partial charge is 0.480 e. The van der Waals surface area contributed by atoms with Crippen LogP contribution in [0.15, 0.2) is 47.1 Å². The van der Waals surface area contributed by atoms with E-state index < -0.39 is 12.0 Å². The van der Waals surface area contributed by atoms with Crippen LogP contribution in [0.3, 0.4) is 0 Å². The van der Waals surface area contributed by atoms with Gasteiger partial charge in [-0.1, -0.05) is 12.1 Å². The Kier molecular flexibility index (Phi) is 3.22. The monoisotopic (exact) mass is 309 g/mol. The molecule has 6 heteroatoms. The van der Waals surface area contributed by atoms with Gasteiger partial charge in [-0.05, 0) is 37.1 Å². The molecule has 6 nitrogen and oxygen atoms in total. The lowest BCUT2D eigenvalue weighted by Gasteiger charge is -2.24. The second-order valence-electron chi connectivity index (χ2n) is 5.55. The molecule has 0 amide bonds. The second kappa shape index (κ2) is 5.39. The van der Waals surface area contributed by atoms with Crippen molar-refractivity contribution in [2.24, 2.45) is 0 Å². The number of fused-ring (bicyclic) bond motifs is 1. The van der Waals surface area contributed by atoms with Gasteiger partial charge in [-0.3, -0.25) is 0 Å². The van der Waals surface area contributed by atoms with Crippen molar-refractivity contribution in [3.63, 3.8) is 0 Å². The van der Waals surface area contributed by atoms with E-state index in [-0.39, 0.29) is 0 Å². The first-order chi connectivity index (χ1) is 11.2. The van der Waals surface area contributed by atoms with Gasteiger partial charge < -0.3 is 14.4 Å². The lowest BCUT2D eigenvalue weighted by atomic mass is 10.2. The third-order valence-electron chi connectivity index (χ3n) is 4.13. The maximum Gasteiger partial charge on any atom is 0.326 e. The summed E-state index contributed by atoms with van der Waals surface area (Å²) in [5.41, 5.74) is 0.778. The van der Waals surface area contributed by atoms with Gasteiger partial charge in [-0.15, -0.1) is 0 Å². The highest BCUT2D eigenvalue weighted by Crippen LogP contribution is 2.32. The van der Waals surface area contributed by atoms with E-state index in [1.165, 1.54) is 0 Å². The number of furan rings is 1. The Balaban J connectivity index is 1.92. The SMILES string of the molecule is O=C(O)C1CCCN1c1nc(-c2ccco2)nc2ccccc12. The van der Waals surface area contributed by atoms with Crippen molar-refractivity contribution in [2.45, 2.75) is 18.9 Å². The van der Waals surface area contributed by atoms with Gasteiger partial charge in [0, 0.05) is 11.9 Å². The standard InChI is InChI=1S/C17H15N3O3/c21-17(22)13-7-3-9-20(13)16-11-5-1-2-6-12(11)18-15(19-16)14-8-4-10-23-14/h1-2,4-6,8,10,13H,3,7,9H2,(H,21,22). The lowest BCUT2D eigenvalue weighted by Crippen LogP contribution is -2.36. The van der Waals surface area contributed by atoms with Gasteiger partial charge in [0.05, 0.1) is 11.8 Å². The van der Waals surface area contributed by atoms with Crippen LogP contribution in [-0.2, 0) is 4.79 Å². The molecule has 23 heavy (non-hydrogen) atoms. The van der Waals surface area contributed by atoms with Crippen molar-refractivity contribution < 1.29 is 14.3 Å². The molecule has 1 aliphatic heterocycles. The van der Waals surface area contributed by atoms with Gasteiger partial charge in [-0.25, -0.2) is 14.8 Å². The predicted molar refractivity (Wildman–Crippen MR) is 85.2 cm³/mol. The van der Waals surface area contributed by atoms with E-state index >= 15 is 0 Å².